The van der Waals surface area contributed by atoms with Crippen LogP contribution in [0.5, 0.6) is 5.75 Å². The number of rotatable bonds is 5. The first-order valence-electron chi connectivity index (χ1n) is 10.8. The van der Waals surface area contributed by atoms with Crippen molar-refractivity contribution < 1.29 is 14.3 Å². The van der Waals surface area contributed by atoms with Crippen molar-refractivity contribution >= 4 is 27.5 Å². The molecule has 158 valence electrons. The van der Waals surface area contributed by atoms with Gasteiger partial charge in [-0.1, -0.05) is 50.2 Å². The second-order valence-electron chi connectivity index (χ2n) is 7.81. The van der Waals surface area contributed by atoms with Crippen LogP contribution < -0.4 is 4.74 Å². The number of carbonyl (C=O) groups excluding carboxylic acids is 1. The lowest BCUT2D eigenvalue weighted by atomic mass is 9.87. The van der Waals surface area contributed by atoms with Gasteiger partial charge in [-0.05, 0) is 81.8 Å². The predicted molar refractivity (Wildman–Crippen MR) is 128 cm³/mol. The standard InChI is InChI=1S/C28H28O3/c1-6-20-22-10-8-9-11-23(22)21(7-2)26-14-18(12-13-24(20)26)19-15-25(28(29)31-5)17(3)27(16-19)30-4/h8-16H,6-7H2,1-5H3. The number of esters is 1. The van der Waals surface area contributed by atoms with E-state index in [-0.39, 0.29) is 5.97 Å². The molecule has 4 aromatic rings. The summed E-state index contributed by atoms with van der Waals surface area (Å²) in [5.74, 6) is 0.327. The van der Waals surface area contributed by atoms with Crippen LogP contribution in [0.25, 0.3) is 32.7 Å². The van der Waals surface area contributed by atoms with Crippen LogP contribution in [0.3, 0.4) is 0 Å². The summed E-state index contributed by atoms with van der Waals surface area (Å²) >= 11 is 0. The molecule has 0 heterocycles. The van der Waals surface area contributed by atoms with Gasteiger partial charge in [-0.2, -0.15) is 0 Å². The zero-order valence-corrected chi connectivity index (χ0v) is 18.8. The number of aryl methyl sites for hydroxylation is 2. The van der Waals surface area contributed by atoms with Crippen molar-refractivity contribution in [2.45, 2.75) is 33.6 Å². The van der Waals surface area contributed by atoms with Gasteiger partial charge in [0.25, 0.3) is 0 Å². The Balaban J connectivity index is 2.03. The minimum atomic E-state index is -0.355. The van der Waals surface area contributed by atoms with Gasteiger partial charge >= 0.3 is 5.97 Å². The molecule has 0 saturated heterocycles. The van der Waals surface area contributed by atoms with Crippen molar-refractivity contribution in [3.63, 3.8) is 0 Å². The molecule has 0 atom stereocenters. The number of fused-ring (bicyclic) bond motifs is 2. The maximum absolute atomic E-state index is 12.4. The first-order valence-corrected chi connectivity index (χ1v) is 10.8. The fraction of sp³-hybridized carbons (Fsp3) is 0.250. The van der Waals surface area contributed by atoms with Gasteiger partial charge in [0.2, 0.25) is 0 Å². The molecule has 0 bridgehead atoms. The zero-order chi connectivity index (χ0) is 22.1. The monoisotopic (exact) mass is 412 g/mol. The maximum Gasteiger partial charge on any atom is 0.338 e. The fourth-order valence-corrected chi connectivity index (χ4v) is 4.69. The van der Waals surface area contributed by atoms with Crippen LogP contribution in [0, 0.1) is 6.92 Å². The third-order valence-electron chi connectivity index (χ3n) is 6.27. The Labute approximate surface area is 183 Å². The molecule has 0 aromatic heterocycles. The van der Waals surface area contributed by atoms with Crippen LogP contribution in [-0.2, 0) is 17.6 Å². The van der Waals surface area contributed by atoms with Crippen molar-refractivity contribution in [3.8, 4) is 16.9 Å². The van der Waals surface area contributed by atoms with Crippen LogP contribution in [0.4, 0.5) is 0 Å². The number of methoxy groups -OCH3 is 2. The first-order chi connectivity index (χ1) is 15.0. The summed E-state index contributed by atoms with van der Waals surface area (Å²) in [6.07, 6.45) is 1.93. The predicted octanol–water partition coefficient (Wildman–Crippen LogP) is 6.89. The van der Waals surface area contributed by atoms with Crippen LogP contribution in [-0.4, -0.2) is 20.2 Å². The third kappa shape index (κ3) is 3.44. The Morgan fingerprint density at radius 3 is 1.97 bits per heavy atom. The average molecular weight is 413 g/mol. The molecular formula is C28H28O3. The number of hydrogen-bond donors (Lipinski definition) is 0. The van der Waals surface area contributed by atoms with E-state index in [4.69, 9.17) is 9.47 Å². The molecular weight excluding hydrogens is 384 g/mol. The fourth-order valence-electron chi connectivity index (χ4n) is 4.69. The first kappa shape index (κ1) is 20.9. The van der Waals surface area contributed by atoms with E-state index in [0.29, 0.717) is 11.3 Å². The lowest BCUT2D eigenvalue weighted by Gasteiger charge is -2.17. The topological polar surface area (TPSA) is 35.5 Å². The second kappa shape index (κ2) is 8.43. The van der Waals surface area contributed by atoms with Gasteiger partial charge in [0, 0.05) is 5.56 Å². The number of benzene rings is 4. The molecule has 0 N–H and O–H groups in total. The van der Waals surface area contributed by atoms with Crippen LogP contribution >= 0.6 is 0 Å². The average Bonchev–Trinajstić information content (AvgIpc) is 2.81. The molecule has 0 aliphatic rings. The molecule has 0 unspecified atom stereocenters. The molecule has 3 nitrogen and oxygen atoms in total. The van der Waals surface area contributed by atoms with Crippen molar-refractivity contribution in [1.82, 2.24) is 0 Å². The molecule has 0 spiro atoms. The number of ether oxygens (including phenoxy) is 2. The SMILES string of the molecule is CCc1c2ccccc2c(CC)c2cc(-c3cc(OC)c(C)c(C(=O)OC)c3)ccc12. The minimum Gasteiger partial charge on any atom is -0.496 e. The van der Waals surface area contributed by atoms with Gasteiger partial charge in [0.05, 0.1) is 19.8 Å². The Morgan fingerprint density at radius 2 is 1.39 bits per heavy atom. The van der Waals surface area contributed by atoms with Gasteiger partial charge < -0.3 is 9.47 Å². The highest BCUT2D eigenvalue weighted by molar-refractivity contribution is 6.07. The van der Waals surface area contributed by atoms with Crippen molar-refractivity contribution in [2.24, 2.45) is 0 Å². The van der Waals surface area contributed by atoms with E-state index < -0.39 is 0 Å². The highest BCUT2D eigenvalue weighted by Crippen LogP contribution is 2.37. The molecule has 0 amide bonds. The summed E-state index contributed by atoms with van der Waals surface area (Å²) < 4.78 is 10.6. The highest BCUT2D eigenvalue weighted by atomic mass is 16.5. The summed E-state index contributed by atoms with van der Waals surface area (Å²) in [7, 11) is 3.03. The van der Waals surface area contributed by atoms with E-state index >= 15 is 0 Å². The van der Waals surface area contributed by atoms with Crippen LogP contribution in [0.1, 0.15) is 40.9 Å². The number of hydrogen-bond acceptors (Lipinski definition) is 3. The highest BCUT2D eigenvalue weighted by Gasteiger charge is 2.17. The van der Waals surface area contributed by atoms with E-state index in [1.165, 1.54) is 39.8 Å². The van der Waals surface area contributed by atoms with E-state index in [0.717, 1.165) is 29.5 Å². The Bertz CT molecular complexity index is 1300. The van der Waals surface area contributed by atoms with Gasteiger partial charge in [-0.25, -0.2) is 4.79 Å². The van der Waals surface area contributed by atoms with Gasteiger partial charge in [0.15, 0.2) is 0 Å². The van der Waals surface area contributed by atoms with E-state index in [2.05, 4.69) is 56.3 Å². The largest absolute Gasteiger partial charge is 0.496 e. The quantitative estimate of drug-likeness (QED) is 0.264. The normalized spacial score (nSPS) is 11.1. The molecule has 0 radical (unpaired) electrons. The Kier molecular flexibility index (Phi) is 5.69. The Hall–Kier alpha value is -3.33. The molecule has 4 aromatic carbocycles. The summed E-state index contributed by atoms with van der Waals surface area (Å²) in [5.41, 5.74) is 6.05. The van der Waals surface area contributed by atoms with Gasteiger partial charge in [-0.15, -0.1) is 0 Å². The summed E-state index contributed by atoms with van der Waals surface area (Å²) in [5, 5.41) is 5.24. The lowest BCUT2D eigenvalue weighted by molar-refractivity contribution is 0.0599. The molecule has 0 aliphatic carbocycles. The van der Waals surface area contributed by atoms with E-state index in [1.807, 2.05) is 19.1 Å². The lowest BCUT2D eigenvalue weighted by Crippen LogP contribution is -2.05. The smallest absolute Gasteiger partial charge is 0.338 e. The summed E-state index contributed by atoms with van der Waals surface area (Å²) in [6, 6.07) is 19.2. The van der Waals surface area contributed by atoms with Gasteiger partial charge in [0.1, 0.15) is 5.75 Å². The molecule has 3 heteroatoms. The minimum absolute atomic E-state index is 0.355. The van der Waals surface area contributed by atoms with E-state index in [9.17, 15) is 4.79 Å². The molecule has 4 rings (SSSR count). The van der Waals surface area contributed by atoms with Crippen LogP contribution in [0.15, 0.2) is 54.6 Å². The summed E-state index contributed by atoms with van der Waals surface area (Å²) in [4.78, 5) is 12.4. The summed E-state index contributed by atoms with van der Waals surface area (Å²) in [6.45, 7) is 6.31. The molecule has 0 fully saturated rings. The number of carbonyl (C=O) groups is 1. The zero-order valence-electron chi connectivity index (χ0n) is 18.8. The molecule has 0 saturated carbocycles. The second-order valence-corrected chi connectivity index (χ2v) is 7.81. The van der Waals surface area contributed by atoms with Crippen molar-refractivity contribution in [1.29, 1.82) is 0 Å². The van der Waals surface area contributed by atoms with Crippen LogP contribution in [0.2, 0.25) is 0 Å². The van der Waals surface area contributed by atoms with E-state index in [1.54, 1.807) is 7.11 Å². The van der Waals surface area contributed by atoms with Crippen molar-refractivity contribution in [3.05, 3.63) is 76.9 Å². The molecule has 31 heavy (non-hydrogen) atoms. The maximum atomic E-state index is 12.4. The van der Waals surface area contributed by atoms with Gasteiger partial charge in [-0.3, -0.25) is 0 Å². The Morgan fingerprint density at radius 1 is 0.774 bits per heavy atom. The van der Waals surface area contributed by atoms with Crippen molar-refractivity contribution in [2.75, 3.05) is 14.2 Å². The molecule has 0 aliphatic heterocycles. The third-order valence-corrected chi connectivity index (χ3v) is 6.27.